The molecule has 0 aliphatic carbocycles. The van der Waals surface area contributed by atoms with E-state index in [9.17, 15) is 9.18 Å². The lowest BCUT2D eigenvalue weighted by atomic mass is 10.2. The number of nitrogens with two attached hydrogens (primary N) is 1. The highest BCUT2D eigenvalue weighted by Gasteiger charge is 2.15. The maximum Gasteiger partial charge on any atom is 0.269 e. The minimum absolute atomic E-state index is 0.180. The van der Waals surface area contributed by atoms with Crippen molar-refractivity contribution in [2.45, 2.75) is 0 Å². The van der Waals surface area contributed by atoms with Crippen molar-refractivity contribution >= 4 is 28.6 Å². The van der Waals surface area contributed by atoms with Crippen LogP contribution in [0.15, 0.2) is 29.6 Å². The van der Waals surface area contributed by atoms with Gasteiger partial charge in [-0.1, -0.05) is 0 Å². The number of methoxy groups -OCH3 is 1. The number of benzene rings is 1. The molecule has 0 saturated heterocycles. The number of carbonyl (C=O) groups excluding carboxylic acids is 1. The third-order valence-corrected chi connectivity index (χ3v) is 3.21. The van der Waals surface area contributed by atoms with Gasteiger partial charge in [-0.05, 0) is 29.6 Å². The molecule has 6 heteroatoms. The van der Waals surface area contributed by atoms with Gasteiger partial charge in [0, 0.05) is 0 Å². The molecule has 2 aromatic rings. The first-order valence-electron chi connectivity index (χ1n) is 5.09. The molecule has 94 valence electrons. The van der Waals surface area contributed by atoms with Crippen molar-refractivity contribution in [2.24, 2.45) is 0 Å². The molecule has 0 atom stereocenters. The van der Waals surface area contributed by atoms with E-state index >= 15 is 0 Å². The van der Waals surface area contributed by atoms with Gasteiger partial charge in [-0.25, -0.2) is 4.39 Å². The SMILES string of the molecule is COc1ccsc1C(=O)Nc1ccc(F)cc1N. The topological polar surface area (TPSA) is 64.3 Å². The quantitative estimate of drug-likeness (QED) is 0.839. The highest BCUT2D eigenvalue weighted by Crippen LogP contribution is 2.27. The fourth-order valence-electron chi connectivity index (χ4n) is 1.45. The minimum atomic E-state index is -0.445. The van der Waals surface area contributed by atoms with Crippen LogP contribution in [0.4, 0.5) is 15.8 Å². The number of halogens is 1. The van der Waals surface area contributed by atoms with Gasteiger partial charge >= 0.3 is 0 Å². The molecule has 3 N–H and O–H groups in total. The summed E-state index contributed by atoms with van der Waals surface area (Å²) in [6.45, 7) is 0. The van der Waals surface area contributed by atoms with Crippen molar-refractivity contribution in [1.82, 2.24) is 0 Å². The first-order valence-corrected chi connectivity index (χ1v) is 5.97. The summed E-state index contributed by atoms with van der Waals surface area (Å²) in [6.07, 6.45) is 0. The Hall–Kier alpha value is -2.08. The number of hydrogen-bond donors (Lipinski definition) is 2. The lowest BCUT2D eigenvalue weighted by molar-refractivity contribution is 0.102. The zero-order chi connectivity index (χ0) is 13.1. The average Bonchev–Trinajstić information content (AvgIpc) is 2.81. The molecule has 1 aromatic heterocycles. The van der Waals surface area contributed by atoms with Crippen LogP contribution in [-0.2, 0) is 0 Å². The van der Waals surface area contributed by atoms with Crippen LogP contribution in [0.2, 0.25) is 0 Å². The van der Waals surface area contributed by atoms with Gasteiger partial charge in [0.2, 0.25) is 0 Å². The van der Waals surface area contributed by atoms with Gasteiger partial charge in [-0.15, -0.1) is 11.3 Å². The van der Waals surface area contributed by atoms with Crippen LogP contribution in [0, 0.1) is 5.82 Å². The van der Waals surface area contributed by atoms with Crippen LogP contribution in [0.25, 0.3) is 0 Å². The van der Waals surface area contributed by atoms with Crippen molar-refractivity contribution in [2.75, 3.05) is 18.2 Å². The summed E-state index contributed by atoms with van der Waals surface area (Å²) in [5.41, 5.74) is 6.16. The molecule has 0 fully saturated rings. The summed E-state index contributed by atoms with van der Waals surface area (Å²) in [6, 6.07) is 5.51. The van der Waals surface area contributed by atoms with Gasteiger partial charge < -0.3 is 15.8 Å². The second-order valence-electron chi connectivity index (χ2n) is 3.50. The lowest BCUT2D eigenvalue weighted by Crippen LogP contribution is -2.12. The molecule has 4 nitrogen and oxygen atoms in total. The van der Waals surface area contributed by atoms with E-state index in [0.717, 1.165) is 6.07 Å². The van der Waals surface area contributed by atoms with Crippen LogP contribution in [-0.4, -0.2) is 13.0 Å². The second kappa shape index (κ2) is 5.05. The Balaban J connectivity index is 2.21. The molecule has 18 heavy (non-hydrogen) atoms. The Morgan fingerprint density at radius 1 is 1.44 bits per heavy atom. The van der Waals surface area contributed by atoms with Crippen molar-refractivity contribution in [1.29, 1.82) is 0 Å². The Morgan fingerprint density at radius 2 is 2.22 bits per heavy atom. The molecule has 0 aliphatic rings. The molecule has 1 aromatic carbocycles. The van der Waals surface area contributed by atoms with Gasteiger partial charge in [0.1, 0.15) is 16.4 Å². The van der Waals surface area contributed by atoms with E-state index in [1.165, 1.54) is 30.6 Å². The van der Waals surface area contributed by atoms with Gasteiger partial charge in [0.05, 0.1) is 18.5 Å². The molecular formula is C12H11FN2O2S. The Labute approximate surface area is 107 Å². The summed E-state index contributed by atoms with van der Waals surface area (Å²) in [5, 5.41) is 4.37. The molecule has 0 saturated carbocycles. The summed E-state index contributed by atoms with van der Waals surface area (Å²) < 4.78 is 17.9. The van der Waals surface area contributed by atoms with Crippen molar-refractivity contribution in [3.63, 3.8) is 0 Å². The summed E-state index contributed by atoms with van der Waals surface area (Å²) in [5.74, 6) is -0.280. The number of rotatable bonds is 3. The number of ether oxygens (including phenoxy) is 1. The Morgan fingerprint density at radius 3 is 2.89 bits per heavy atom. The Kier molecular flexibility index (Phi) is 3.47. The van der Waals surface area contributed by atoms with Crippen LogP contribution in [0.1, 0.15) is 9.67 Å². The molecule has 0 spiro atoms. The number of carbonyl (C=O) groups is 1. The van der Waals surface area contributed by atoms with Gasteiger partial charge in [-0.2, -0.15) is 0 Å². The lowest BCUT2D eigenvalue weighted by Gasteiger charge is -2.08. The van der Waals surface area contributed by atoms with Crippen LogP contribution in [0.3, 0.4) is 0 Å². The van der Waals surface area contributed by atoms with E-state index in [4.69, 9.17) is 10.5 Å². The smallest absolute Gasteiger partial charge is 0.269 e. The van der Waals surface area contributed by atoms with Crippen molar-refractivity contribution in [3.8, 4) is 5.75 Å². The maximum atomic E-state index is 12.9. The Bertz CT molecular complexity index is 583. The molecule has 0 unspecified atom stereocenters. The highest BCUT2D eigenvalue weighted by molar-refractivity contribution is 7.12. The average molecular weight is 266 g/mol. The third-order valence-electron chi connectivity index (χ3n) is 2.32. The molecule has 0 aliphatic heterocycles. The normalized spacial score (nSPS) is 10.1. The van der Waals surface area contributed by atoms with E-state index in [2.05, 4.69) is 5.32 Å². The molecule has 0 radical (unpaired) electrons. The summed E-state index contributed by atoms with van der Waals surface area (Å²) >= 11 is 1.26. The monoisotopic (exact) mass is 266 g/mol. The number of thiophene rings is 1. The molecule has 1 heterocycles. The van der Waals surface area contributed by atoms with E-state index in [1.807, 2.05) is 0 Å². The first kappa shape index (κ1) is 12.4. The third kappa shape index (κ3) is 2.43. The van der Waals surface area contributed by atoms with Gasteiger partial charge in [0.15, 0.2) is 0 Å². The predicted octanol–water partition coefficient (Wildman–Crippen LogP) is 2.73. The van der Waals surface area contributed by atoms with Crippen molar-refractivity contribution in [3.05, 3.63) is 40.3 Å². The molecule has 0 bridgehead atoms. The van der Waals surface area contributed by atoms with E-state index in [0.29, 0.717) is 16.3 Å². The molecule has 2 rings (SSSR count). The fourth-order valence-corrected chi connectivity index (χ4v) is 2.20. The molecule has 1 amide bonds. The number of hydrogen-bond acceptors (Lipinski definition) is 4. The first-order chi connectivity index (χ1) is 8.61. The van der Waals surface area contributed by atoms with E-state index < -0.39 is 5.82 Å². The summed E-state index contributed by atoms with van der Waals surface area (Å²) in [4.78, 5) is 12.4. The zero-order valence-corrected chi connectivity index (χ0v) is 10.4. The van der Waals surface area contributed by atoms with Gasteiger partial charge in [-0.3, -0.25) is 4.79 Å². The largest absolute Gasteiger partial charge is 0.495 e. The minimum Gasteiger partial charge on any atom is -0.495 e. The number of anilines is 2. The van der Waals surface area contributed by atoms with E-state index in [-0.39, 0.29) is 11.6 Å². The van der Waals surface area contributed by atoms with Crippen molar-refractivity contribution < 1.29 is 13.9 Å². The second-order valence-corrected chi connectivity index (χ2v) is 4.42. The number of nitrogens with one attached hydrogen (secondary N) is 1. The zero-order valence-electron chi connectivity index (χ0n) is 9.57. The molecular weight excluding hydrogens is 255 g/mol. The standard InChI is InChI=1S/C12H11FN2O2S/c1-17-10-4-5-18-11(10)12(16)15-9-3-2-7(13)6-8(9)14/h2-6H,14H2,1H3,(H,15,16). The highest BCUT2D eigenvalue weighted by atomic mass is 32.1. The maximum absolute atomic E-state index is 12.9. The van der Waals surface area contributed by atoms with Crippen LogP contribution in [0.5, 0.6) is 5.75 Å². The van der Waals surface area contributed by atoms with E-state index in [1.54, 1.807) is 11.4 Å². The predicted molar refractivity (Wildman–Crippen MR) is 69.6 cm³/mol. The van der Waals surface area contributed by atoms with Crippen LogP contribution >= 0.6 is 11.3 Å². The van der Waals surface area contributed by atoms with Gasteiger partial charge in [0.25, 0.3) is 5.91 Å². The number of nitrogen functional groups attached to an aromatic ring is 1. The van der Waals surface area contributed by atoms with Crippen LogP contribution < -0.4 is 15.8 Å². The fraction of sp³-hybridized carbons (Fsp3) is 0.0833. The number of amides is 1. The summed E-state index contributed by atoms with van der Waals surface area (Å²) in [7, 11) is 1.49.